The highest BCUT2D eigenvalue weighted by Crippen LogP contribution is 2.39. The third-order valence-electron chi connectivity index (χ3n) is 4.61. The van der Waals surface area contributed by atoms with Crippen LogP contribution in [0.15, 0.2) is 29.4 Å². The van der Waals surface area contributed by atoms with Crippen molar-refractivity contribution < 1.29 is 14.3 Å². The molecule has 1 unspecified atom stereocenters. The van der Waals surface area contributed by atoms with Gasteiger partial charge in [-0.05, 0) is 25.0 Å². The van der Waals surface area contributed by atoms with Crippen molar-refractivity contribution in [1.29, 1.82) is 0 Å². The Labute approximate surface area is 156 Å². The number of nitrogens with zero attached hydrogens (tertiary/aromatic N) is 4. The fourth-order valence-corrected chi connectivity index (χ4v) is 3.80. The van der Waals surface area contributed by atoms with E-state index in [-0.39, 0.29) is 12.0 Å². The van der Waals surface area contributed by atoms with Gasteiger partial charge in [-0.1, -0.05) is 23.9 Å². The van der Waals surface area contributed by atoms with Crippen LogP contribution in [0.3, 0.4) is 0 Å². The minimum absolute atomic E-state index is 0.0356. The molecule has 1 aliphatic heterocycles. The van der Waals surface area contributed by atoms with Gasteiger partial charge in [-0.25, -0.2) is 0 Å². The summed E-state index contributed by atoms with van der Waals surface area (Å²) < 4.78 is 13.6. The van der Waals surface area contributed by atoms with E-state index in [1.807, 2.05) is 35.9 Å². The lowest BCUT2D eigenvalue weighted by Crippen LogP contribution is -2.42. The molecule has 0 saturated heterocycles. The molecule has 0 radical (unpaired) electrons. The first-order valence-corrected chi connectivity index (χ1v) is 9.75. The number of hydrogen-bond donors (Lipinski definition) is 0. The van der Waals surface area contributed by atoms with E-state index in [0.29, 0.717) is 24.8 Å². The first kappa shape index (κ1) is 17.2. The summed E-state index contributed by atoms with van der Waals surface area (Å²) in [7, 11) is 3.76. The predicted octanol–water partition coefficient (Wildman–Crippen LogP) is 2.08. The van der Waals surface area contributed by atoms with E-state index in [1.54, 1.807) is 11.9 Å². The Balaban J connectivity index is 1.28. The lowest BCUT2D eigenvalue weighted by molar-refractivity contribution is -0.128. The maximum atomic E-state index is 12.5. The molecule has 2 aliphatic rings. The topological polar surface area (TPSA) is 69.5 Å². The van der Waals surface area contributed by atoms with Crippen molar-refractivity contribution in [2.75, 3.05) is 26.0 Å². The van der Waals surface area contributed by atoms with Gasteiger partial charge in [0.1, 0.15) is 12.4 Å². The van der Waals surface area contributed by atoms with Crippen LogP contribution in [0.2, 0.25) is 0 Å². The summed E-state index contributed by atoms with van der Waals surface area (Å²) in [6.07, 6.45) is 2.20. The van der Waals surface area contributed by atoms with Crippen LogP contribution in [0.5, 0.6) is 11.5 Å². The summed E-state index contributed by atoms with van der Waals surface area (Å²) in [5, 5.41) is 9.25. The van der Waals surface area contributed by atoms with Gasteiger partial charge in [0, 0.05) is 20.0 Å². The van der Waals surface area contributed by atoms with Crippen LogP contribution in [0.4, 0.5) is 0 Å². The predicted molar refractivity (Wildman–Crippen MR) is 97.7 cm³/mol. The zero-order valence-electron chi connectivity index (χ0n) is 14.9. The average Bonchev–Trinajstić information content (AvgIpc) is 3.43. The Morgan fingerprint density at radius 3 is 2.85 bits per heavy atom. The first-order valence-electron chi connectivity index (χ1n) is 8.76. The maximum Gasteiger partial charge on any atom is 0.232 e. The zero-order chi connectivity index (χ0) is 18.1. The molecule has 0 bridgehead atoms. The number of thioether (sulfide) groups is 1. The van der Waals surface area contributed by atoms with E-state index < -0.39 is 0 Å². The molecule has 26 heavy (non-hydrogen) atoms. The number of hydrogen-bond acceptors (Lipinski definition) is 6. The van der Waals surface area contributed by atoms with E-state index in [0.717, 1.165) is 22.5 Å². The van der Waals surface area contributed by atoms with Crippen LogP contribution in [0.25, 0.3) is 0 Å². The molecular weight excluding hydrogens is 352 g/mol. The standard InChI is InChI=1S/C18H22N4O3S/c1-21(9-13-10-24-14-5-3-4-6-15(14)25-13)16(23)11-26-18-20-19-17(22(18)2)12-7-8-12/h3-6,12-13H,7-11H2,1-2H3. The number of amides is 1. The molecule has 1 aliphatic carbocycles. The van der Waals surface area contributed by atoms with E-state index >= 15 is 0 Å². The van der Waals surface area contributed by atoms with Crippen LogP contribution in [-0.4, -0.2) is 57.6 Å². The van der Waals surface area contributed by atoms with Crippen LogP contribution in [-0.2, 0) is 11.8 Å². The second-order valence-corrected chi connectivity index (χ2v) is 7.68. The van der Waals surface area contributed by atoms with Gasteiger partial charge in [0.05, 0.1) is 12.3 Å². The smallest absolute Gasteiger partial charge is 0.232 e. The Kier molecular flexibility index (Phi) is 4.76. The van der Waals surface area contributed by atoms with Crippen molar-refractivity contribution in [3.63, 3.8) is 0 Å². The van der Waals surface area contributed by atoms with E-state index in [4.69, 9.17) is 9.47 Å². The molecule has 8 heteroatoms. The summed E-state index contributed by atoms with van der Waals surface area (Å²) in [4.78, 5) is 14.1. The van der Waals surface area contributed by atoms with Crippen molar-refractivity contribution in [1.82, 2.24) is 19.7 Å². The molecule has 1 aromatic heterocycles. The van der Waals surface area contributed by atoms with Crippen LogP contribution >= 0.6 is 11.8 Å². The third kappa shape index (κ3) is 3.65. The molecule has 0 N–H and O–H groups in total. The summed E-state index contributed by atoms with van der Waals surface area (Å²) in [5.41, 5.74) is 0. The number of ether oxygens (including phenoxy) is 2. The van der Waals surface area contributed by atoms with Gasteiger partial charge < -0.3 is 18.9 Å². The molecule has 1 amide bonds. The molecule has 1 fully saturated rings. The highest BCUT2D eigenvalue weighted by molar-refractivity contribution is 7.99. The molecule has 7 nitrogen and oxygen atoms in total. The number of carbonyl (C=O) groups excluding carboxylic acids is 1. The van der Waals surface area contributed by atoms with Gasteiger partial charge in [0.15, 0.2) is 22.8 Å². The minimum Gasteiger partial charge on any atom is -0.486 e. The van der Waals surface area contributed by atoms with Gasteiger partial charge in [-0.15, -0.1) is 10.2 Å². The fraction of sp³-hybridized carbons (Fsp3) is 0.500. The second-order valence-electron chi connectivity index (χ2n) is 6.73. The Morgan fingerprint density at radius 2 is 2.08 bits per heavy atom. The highest BCUT2D eigenvalue weighted by Gasteiger charge is 2.29. The molecular formula is C18H22N4O3S. The number of aromatic nitrogens is 3. The SMILES string of the molecule is CN(CC1COc2ccccc2O1)C(=O)CSc1nnc(C2CC2)n1C. The van der Waals surface area contributed by atoms with E-state index in [2.05, 4.69) is 10.2 Å². The number of para-hydroxylation sites is 2. The first-order chi connectivity index (χ1) is 12.6. The molecule has 138 valence electrons. The van der Waals surface area contributed by atoms with Gasteiger partial charge in [-0.2, -0.15) is 0 Å². The molecule has 1 aromatic carbocycles. The van der Waals surface area contributed by atoms with Crippen molar-refractivity contribution in [2.24, 2.45) is 7.05 Å². The number of benzene rings is 1. The van der Waals surface area contributed by atoms with Gasteiger partial charge >= 0.3 is 0 Å². The number of likely N-dealkylation sites (N-methyl/N-ethyl adjacent to an activating group) is 1. The van der Waals surface area contributed by atoms with Crippen molar-refractivity contribution in [2.45, 2.75) is 30.0 Å². The summed E-state index contributed by atoms with van der Waals surface area (Å²) in [6, 6.07) is 7.59. The lowest BCUT2D eigenvalue weighted by atomic mass is 10.2. The lowest BCUT2D eigenvalue weighted by Gasteiger charge is -2.29. The molecule has 1 saturated carbocycles. The average molecular weight is 374 g/mol. The summed E-state index contributed by atoms with van der Waals surface area (Å²) in [6.45, 7) is 0.926. The second kappa shape index (κ2) is 7.19. The van der Waals surface area contributed by atoms with Crippen LogP contribution in [0, 0.1) is 0 Å². The van der Waals surface area contributed by atoms with Gasteiger partial charge in [0.25, 0.3) is 0 Å². The van der Waals surface area contributed by atoms with Gasteiger partial charge in [0.2, 0.25) is 5.91 Å². The zero-order valence-corrected chi connectivity index (χ0v) is 15.7. The molecule has 4 rings (SSSR count). The quantitative estimate of drug-likeness (QED) is 0.721. The van der Waals surface area contributed by atoms with Crippen molar-refractivity contribution >= 4 is 17.7 Å². The minimum atomic E-state index is -0.167. The van der Waals surface area contributed by atoms with Gasteiger partial charge in [-0.3, -0.25) is 4.79 Å². The van der Waals surface area contributed by atoms with Crippen molar-refractivity contribution in [3.8, 4) is 11.5 Å². The Morgan fingerprint density at radius 1 is 1.31 bits per heavy atom. The van der Waals surface area contributed by atoms with Crippen LogP contribution in [0.1, 0.15) is 24.6 Å². The largest absolute Gasteiger partial charge is 0.486 e. The fourth-order valence-electron chi connectivity index (χ4n) is 2.95. The summed E-state index contributed by atoms with van der Waals surface area (Å²) in [5.74, 6) is 3.42. The molecule has 0 spiro atoms. The molecule has 2 heterocycles. The Hall–Kier alpha value is -2.22. The van der Waals surface area contributed by atoms with Crippen molar-refractivity contribution in [3.05, 3.63) is 30.1 Å². The van der Waals surface area contributed by atoms with Crippen LogP contribution < -0.4 is 9.47 Å². The summed E-state index contributed by atoms with van der Waals surface area (Å²) >= 11 is 1.43. The molecule has 1 atom stereocenters. The number of fused-ring (bicyclic) bond motifs is 1. The monoisotopic (exact) mass is 374 g/mol. The number of carbonyl (C=O) groups is 1. The third-order valence-corrected chi connectivity index (χ3v) is 5.61. The highest BCUT2D eigenvalue weighted by atomic mass is 32.2. The van der Waals surface area contributed by atoms with E-state index in [1.165, 1.54) is 24.6 Å². The molecule has 2 aromatic rings. The Bertz CT molecular complexity index is 805. The van der Waals surface area contributed by atoms with E-state index in [9.17, 15) is 4.79 Å². The number of rotatable bonds is 6. The normalized spacial score (nSPS) is 18.6. The maximum absolute atomic E-state index is 12.5.